The van der Waals surface area contributed by atoms with E-state index in [1.165, 1.54) is 21.2 Å². The molecule has 0 radical (unpaired) electrons. The molecule has 0 saturated heterocycles. The Morgan fingerprint density at radius 1 is 1.11 bits per heavy atom. The summed E-state index contributed by atoms with van der Waals surface area (Å²) in [6.45, 7) is 0.717. The second-order valence-electron chi connectivity index (χ2n) is 9.28. The van der Waals surface area contributed by atoms with Crippen LogP contribution in [0.5, 0.6) is 0 Å². The molecule has 2 heterocycles. The topological polar surface area (TPSA) is 56.3 Å². The molecule has 2 aliphatic rings. The summed E-state index contributed by atoms with van der Waals surface area (Å²) in [6, 6.07) is 24.0. The van der Waals surface area contributed by atoms with Gasteiger partial charge in [0.25, 0.3) is 0 Å². The zero-order chi connectivity index (χ0) is 24.1. The maximum atomic E-state index is 12.7. The van der Waals surface area contributed by atoms with Gasteiger partial charge in [-0.3, -0.25) is 4.79 Å². The summed E-state index contributed by atoms with van der Waals surface area (Å²) in [5.74, 6) is 0.0213. The number of H-pyrrole nitrogens is 1. The molecular formula is C27H27N5OS2. The minimum atomic E-state index is 0.0213. The van der Waals surface area contributed by atoms with Gasteiger partial charge in [0.15, 0.2) is 4.77 Å². The molecule has 35 heavy (non-hydrogen) atoms. The largest absolute Gasteiger partial charge is 0.335 e. The van der Waals surface area contributed by atoms with Gasteiger partial charge >= 0.3 is 0 Å². The number of hydrogen-bond donors (Lipinski definition) is 2. The monoisotopic (exact) mass is 501 g/mol. The Morgan fingerprint density at radius 3 is 2.51 bits per heavy atom. The summed E-state index contributed by atoms with van der Waals surface area (Å²) < 4.78 is 2.59. The number of nitrogens with zero attached hydrogens (tertiary/aromatic N) is 3. The maximum absolute atomic E-state index is 12.7. The molecule has 1 aromatic heterocycles. The van der Waals surface area contributed by atoms with Gasteiger partial charge in [-0.05, 0) is 68.2 Å². The zero-order valence-corrected chi connectivity index (χ0v) is 21.3. The summed E-state index contributed by atoms with van der Waals surface area (Å²) in [5.41, 5.74) is 5.29. The van der Waals surface area contributed by atoms with Crippen LogP contribution in [-0.4, -0.2) is 46.0 Å². The summed E-state index contributed by atoms with van der Waals surface area (Å²) in [5, 5.41) is 3.04. The SMILES string of the molecule is CN(CCC(=O)Nc1ccc2c(c1)[nH]c(=S)n2C)C1CC1N1c2ccccc2Sc2ccccc21. The Kier molecular flexibility index (Phi) is 5.67. The van der Waals surface area contributed by atoms with Crippen LogP contribution < -0.4 is 10.2 Å². The molecule has 1 saturated carbocycles. The number of para-hydroxylation sites is 2. The van der Waals surface area contributed by atoms with Gasteiger partial charge in [-0.15, -0.1) is 0 Å². The Hall–Kier alpha value is -3.07. The Balaban J connectivity index is 1.10. The van der Waals surface area contributed by atoms with Crippen molar-refractivity contribution in [2.45, 2.75) is 34.7 Å². The van der Waals surface area contributed by atoms with Crippen LogP contribution in [0, 0.1) is 4.77 Å². The molecule has 178 valence electrons. The molecule has 1 amide bonds. The van der Waals surface area contributed by atoms with Gasteiger partial charge in [0.05, 0.1) is 28.5 Å². The average Bonchev–Trinajstić information content (AvgIpc) is 3.60. The molecule has 1 aliphatic carbocycles. The smallest absolute Gasteiger partial charge is 0.225 e. The average molecular weight is 502 g/mol. The van der Waals surface area contributed by atoms with E-state index in [1.807, 2.05) is 41.6 Å². The highest BCUT2D eigenvalue weighted by atomic mass is 32.2. The van der Waals surface area contributed by atoms with Crippen LogP contribution in [0.1, 0.15) is 12.8 Å². The standard InChI is InChI=1S/C27H27N5OS2/c1-30(14-13-26(33)28-17-11-12-19-18(15-17)29-27(34)31(19)2)22-16-23(22)32-20-7-3-5-9-24(20)35-25-10-6-4-8-21(25)32/h3-12,15,22-23H,13-14,16H2,1-2H3,(H,28,33)(H,29,34). The van der Waals surface area contributed by atoms with Crippen molar-refractivity contribution in [3.63, 3.8) is 0 Å². The molecule has 1 fully saturated rings. The zero-order valence-electron chi connectivity index (χ0n) is 19.7. The lowest BCUT2D eigenvalue weighted by molar-refractivity contribution is -0.116. The molecule has 1 aliphatic heterocycles. The molecule has 6 nitrogen and oxygen atoms in total. The van der Waals surface area contributed by atoms with Gasteiger partial charge in [-0.2, -0.15) is 0 Å². The number of nitrogens with one attached hydrogen (secondary N) is 2. The van der Waals surface area contributed by atoms with Gasteiger partial charge in [-0.25, -0.2) is 0 Å². The molecule has 6 rings (SSSR count). The third-order valence-corrected chi connectivity index (χ3v) is 8.48. The number of carbonyl (C=O) groups is 1. The van der Waals surface area contributed by atoms with Crippen molar-refractivity contribution in [3.05, 3.63) is 71.5 Å². The van der Waals surface area contributed by atoms with Gasteiger partial charge in [-0.1, -0.05) is 36.0 Å². The normalized spacial score (nSPS) is 18.4. The summed E-state index contributed by atoms with van der Waals surface area (Å²) in [7, 11) is 4.06. The first kappa shape index (κ1) is 22.4. The van der Waals surface area contributed by atoms with E-state index < -0.39 is 0 Å². The number of likely N-dealkylation sites (N-methyl/N-ethyl adjacent to an activating group) is 1. The van der Waals surface area contributed by atoms with Crippen molar-refractivity contribution in [3.8, 4) is 0 Å². The van der Waals surface area contributed by atoms with Gasteiger partial charge in [0, 0.05) is 41.5 Å². The fraction of sp³-hybridized carbons (Fsp3) is 0.259. The highest BCUT2D eigenvalue weighted by Gasteiger charge is 2.47. The van der Waals surface area contributed by atoms with E-state index in [9.17, 15) is 4.79 Å². The lowest BCUT2D eigenvalue weighted by Gasteiger charge is -2.34. The van der Waals surface area contributed by atoms with Crippen LogP contribution in [0.25, 0.3) is 11.0 Å². The number of fused-ring (bicyclic) bond motifs is 3. The molecule has 8 heteroatoms. The molecule has 4 aromatic rings. The Bertz CT molecular complexity index is 1450. The van der Waals surface area contributed by atoms with Crippen LogP contribution in [0.2, 0.25) is 0 Å². The highest BCUT2D eigenvalue weighted by Crippen LogP contribution is 2.52. The second kappa shape index (κ2) is 8.86. The molecule has 0 spiro atoms. The Morgan fingerprint density at radius 2 is 1.80 bits per heavy atom. The van der Waals surface area contributed by atoms with Crippen LogP contribution in [0.4, 0.5) is 17.1 Å². The molecule has 2 unspecified atom stereocenters. The van der Waals surface area contributed by atoms with E-state index in [1.54, 1.807) is 0 Å². The van der Waals surface area contributed by atoms with Crippen LogP contribution >= 0.6 is 24.0 Å². The van der Waals surface area contributed by atoms with Crippen molar-refractivity contribution in [2.75, 3.05) is 23.8 Å². The van der Waals surface area contributed by atoms with Crippen LogP contribution in [0.3, 0.4) is 0 Å². The van der Waals surface area contributed by atoms with E-state index >= 15 is 0 Å². The van der Waals surface area contributed by atoms with Crippen LogP contribution in [0.15, 0.2) is 76.5 Å². The lowest BCUT2D eigenvalue weighted by atomic mass is 10.2. The van der Waals surface area contributed by atoms with Crippen molar-refractivity contribution >= 4 is 58.0 Å². The number of imidazole rings is 1. The molecule has 0 bridgehead atoms. The van der Waals surface area contributed by atoms with E-state index in [-0.39, 0.29) is 5.91 Å². The minimum Gasteiger partial charge on any atom is -0.335 e. The van der Waals surface area contributed by atoms with Crippen LogP contribution in [-0.2, 0) is 11.8 Å². The van der Waals surface area contributed by atoms with Crippen molar-refractivity contribution < 1.29 is 4.79 Å². The van der Waals surface area contributed by atoms with E-state index in [0.29, 0.717) is 23.3 Å². The number of aromatic amines is 1. The Labute approximate surface area is 213 Å². The fourth-order valence-corrected chi connectivity index (χ4v) is 6.27. The number of aromatic nitrogens is 2. The third kappa shape index (κ3) is 4.16. The van der Waals surface area contributed by atoms with Gasteiger partial charge in [0.2, 0.25) is 5.91 Å². The number of hydrogen-bond acceptors (Lipinski definition) is 5. The van der Waals surface area contributed by atoms with E-state index in [0.717, 1.165) is 29.7 Å². The molecule has 2 atom stereocenters. The number of rotatable bonds is 6. The van der Waals surface area contributed by atoms with E-state index in [4.69, 9.17) is 12.2 Å². The highest BCUT2D eigenvalue weighted by molar-refractivity contribution is 7.99. The minimum absolute atomic E-state index is 0.0213. The summed E-state index contributed by atoms with van der Waals surface area (Å²) in [4.78, 5) is 23.3. The second-order valence-corrected chi connectivity index (χ2v) is 10.7. The summed E-state index contributed by atoms with van der Waals surface area (Å²) in [6.07, 6.45) is 1.54. The van der Waals surface area contributed by atoms with Crippen molar-refractivity contribution in [1.29, 1.82) is 0 Å². The fourth-order valence-electron chi connectivity index (χ4n) is 4.99. The number of aryl methyl sites for hydroxylation is 1. The molecule has 2 N–H and O–H groups in total. The first-order chi connectivity index (χ1) is 17.0. The van der Waals surface area contributed by atoms with Gasteiger partial charge < -0.3 is 24.7 Å². The van der Waals surface area contributed by atoms with Gasteiger partial charge in [0.1, 0.15) is 0 Å². The van der Waals surface area contributed by atoms with Crippen molar-refractivity contribution in [2.24, 2.45) is 7.05 Å². The molecule has 3 aromatic carbocycles. The predicted molar refractivity (Wildman–Crippen MR) is 145 cm³/mol. The maximum Gasteiger partial charge on any atom is 0.225 e. The number of carbonyl (C=O) groups excluding carboxylic acids is 1. The molecular weight excluding hydrogens is 474 g/mol. The quantitative estimate of drug-likeness (QED) is 0.320. The number of amides is 1. The predicted octanol–water partition coefficient (Wildman–Crippen LogP) is 5.94. The summed E-state index contributed by atoms with van der Waals surface area (Å²) >= 11 is 7.14. The first-order valence-electron chi connectivity index (χ1n) is 11.8. The van der Waals surface area contributed by atoms with E-state index in [2.05, 4.69) is 75.7 Å². The first-order valence-corrected chi connectivity index (χ1v) is 13.1. The third-order valence-electron chi connectivity index (χ3n) is 6.97. The lowest BCUT2D eigenvalue weighted by Crippen LogP contribution is -2.33. The number of anilines is 3. The van der Waals surface area contributed by atoms with Crippen molar-refractivity contribution in [1.82, 2.24) is 14.5 Å². The number of benzene rings is 3.